The Balaban J connectivity index is 1.27. The number of carbonyl (C=O) groups excluding carboxylic acids is 1. The van der Waals surface area contributed by atoms with Gasteiger partial charge in [-0.15, -0.1) is 0 Å². The van der Waals surface area contributed by atoms with Crippen molar-refractivity contribution in [2.24, 2.45) is 0 Å². The third-order valence-corrected chi connectivity index (χ3v) is 4.83. The Morgan fingerprint density at radius 3 is 2.85 bits per heavy atom. The molecule has 3 aromatic rings. The zero-order valence-electron chi connectivity index (χ0n) is 14.8. The molecule has 1 N–H and O–H groups in total. The highest BCUT2D eigenvalue weighted by atomic mass is 19.1. The van der Waals surface area contributed by atoms with E-state index in [9.17, 15) is 9.18 Å². The number of hydrogen-bond acceptors (Lipinski definition) is 4. The largest absolute Gasteiger partial charge is 0.349 e. The highest BCUT2D eigenvalue weighted by Crippen LogP contribution is 2.30. The molecule has 6 heteroatoms. The Kier molecular flexibility index (Phi) is 4.96. The van der Waals surface area contributed by atoms with E-state index < -0.39 is 0 Å². The summed E-state index contributed by atoms with van der Waals surface area (Å²) in [4.78, 5) is 16.6. The fourth-order valence-electron chi connectivity index (χ4n) is 3.45. The van der Waals surface area contributed by atoms with Crippen LogP contribution in [0.5, 0.6) is 0 Å². The van der Waals surface area contributed by atoms with Gasteiger partial charge >= 0.3 is 0 Å². The van der Waals surface area contributed by atoms with Gasteiger partial charge in [0.1, 0.15) is 5.82 Å². The van der Waals surface area contributed by atoms with Crippen LogP contribution in [-0.4, -0.2) is 16.0 Å². The molecule has 1 amide bonds. The summed E-state index contributed by atoms with van der Waals surface area (Å²) in [6, 6.07) is 14.3. The molecule has 0 saturated heterocycles. The fraction of sp³-hybridized carbons (Fsp3) is 0.286. The Morgan fingerprint density at radius 1 is 1.19 bits per heavy atom. The van der Waals surface area contributed by atoms with Gasteiger partial charge < -0.3 is 9.84 Å². The number of hydrogen-bond donors (Lipinski definition) is 1. The number of halogens is 1. The van der Waals surface area contributed by atoms with Crippen LogP contribution in [0.4, 0.5) is 4.39 Å². The number of carbonyl (C=O) groups is 1. The maximum Gasteiger partial charge on any atom is 0.226 e. The van der Waals surface area contributed by atoms with E-state index in [0.29, 0.717) is 36.5 Å². The van der Waals surface area contributed by atoms with Crippen molar-refractivity contribution < 1.29 is 13.7 Å². The van der Waals surface area contributed by atoms with Crippen molar-refractivity contribution in [2.75, 3.05) is 0 Å². The molecule has 0 spiro atoms. The van der Waals surface area contributed by atoms with Crippen LogP contribution in [0, 0.1) is 5.82 Å². The van der Waals surface area contributed by atoms with Crippen molar-refractivity contribution in [1.82, 2.24) is 15.5 Å². The van der Waals surface area contributed by atoms with Crippen LogP contribution in [0.15, 0.2) is 53.1 Å². The average Bonchev–Trinajstić information content (AvgIpc) is 3.30. The van der Waals surface area contributed by atoms with Gasteiger partial charge in [0.25, 0.3) is 0 Å². The van der Waals surface area contributed by atoms with E-state index in [4.69, 9.17) is 4.52 Å². The third kappa shape index (κ3) is 4.05. The summed E-state index contributed by atoms with van der Waals surface area (Å²) in [5, 5.41) is 7.03. The molecule has 0 fully saturated rings. The zero-order chi connectivity index (χ0) is 18.6. The minimum Gasteiger partial charge on any atom is -0.349 e. The van der Waals surface area contributed by atoms with Gasteiger partial charge in [0.2, 0.25) is 17.6 Å². The number of benzene rings is 2. The van der Waals surface area contributed by atoms with Gasteiger partial charge in [0, 0.05) is 18.4 Å². The van der Waals surface area contributed by atoms with Crippen LogP contribution in [0.1, 0.15) is 42.3 Å². The normalized spacial score (nSPS) is 15.5. The molecule has 1 atom stereocenters. The molecule has 1 aliphatic carbocycles. The average molecular weight is 365 g/mol. The first-order valence-corrected chi connectivity index (χ1v) is 9.15. The highest BCUT2D eigenvalue weighted by Gasteiger charge is 2.23. The van der Waals surface area contributed by atoms with Gasteiger partial charge in [0.05, 0.1) is 6.04 Å². The molecular formula is C21H20FN3O2. The Labute approximate surface area is 156 Å². The van der Waals surface area contributed by atoms with Crippen LogP contribution >= 0.6 is 0 Å². The van der Waals surface area contributed by atoms with Crippen molar-refractivity contribution in [3.05, 3.63) is 71.4 Å². The first-order valence-electron chi connectivity index (χ1n) is 9.15. The second-order valence-corrected chi connectivity index (χ2v) is 6.73. The van der Waals surface area contributed by atoms with Crippen LogP contribution < -0.4 is 5.32 Å². The molecule has 0 radical (unpaired) electrons. The second-order valence-electron chi connectivity index (χ2n) is 6.73. The number of amides is 1. The molecule has 5 nitrogen and oxygen atoms in total. The lowest BCUT2D eigenvalue weighted by Crippen LogP contribution is -2.26. The summed E-state index contributed by atoms with van der Waals surface area (Å²) in [5.74, 6) is 0.638. The SMILES string of the molecule is O=C(CCCc1nc(-c2ccc(F)cc2)no1)NC1CCc2ccccc21. The number of aryl methyl sites for hydroxylation is 2. The topological polar surface area (TPSA) is 68.0 Å². The van der Waals surface area contributed by atoms with Crippen molar-refractivity contribution in [3.8, 4) is 11.4 Å². The standard InChI is InChI=1S/C21H20FN3O2/c22-16-11-8-15(9-12-16)21-24-20(27-25-21)7-3-6-19(26)23-18-13-10-14-4-1-2-5-17(14)18/h1-2,4-5,8-9,11-12,18H,3,6-7,10,13H2,(H,23,26). The molecule has 1 heterocycles. The predicted molar refractivity (Wildman–Crippen MR) is 98.3 cm³/mol. The van der Waals surface area contributed by atoms with E-state index in [-0.39, 0.29) is 17.8 Å². The van der Waals surface area contributed by atoms with Crippen LogP contribution in [0.2, 0.25) is 0 Å². The second kappa shape index (κ2) is 7.70. The van der Waals surface area contributed by atoms with Crippen molar-refractivity contribution in [1.29, 1.82) is 0 Å². The smallest absolute Gasteiger partial charge is 0.226 e. The van der Waals surface area contributed by atoms with E-state index in [1.54, 1.807) is 12.1 Å². The van der Waals surface area contributed by atoms with Gasteiger partial charge in [-0.1, -0.05) is 29.4 Å². The van der Waals surface area contributed by atoms with Gasteiger partial charge in [-0.2, -0.15) is 4.98 Å². The molecule has 4 rings (SSSR count). The molecule has 1 unspecified atom stereocenters. The lowest BCUT2D eigenvalue weighted by atomic mass is 10.1. The van der Waals surface area contributed by atoms with Crippen molar-refractivity contribution >= 4 is 5.91 Å². The van der Waals surface area contributed by atoms with Gasteiger partial charge in [-0.25, -0.2) is 4.39 Å². The number of rotatable bonds is 6. The van der Waals surface area contributed by atoms with Crippen LogP contribution in [0.3, 0.4) is 0 Å². The van der Waals surface area contributed by atoms with Gasteiger partial charge in [-0.3, -0.25) is 4.79 Å². The minimum atomic E-state index is -0.307. The predicted octanol–water partition coefficient (Wildman–Crippen LogP) is 4.00. The molecule has 0 aliphatic heterocycles. The van der Waals surface area contributed by atoms with E-state index >= 15 is 0 Å². The first-order chi connectivity index (χ1) is 13.2. The monoisotopic (exact) mass is 365 g/mol. The number of nitrogens with one attached hydrogen (secondary N) is 1. The minimum absolute atomic E-state index is 0.0370. The lowest BCUT2D eigenvalue weighted by Gasteiger charge is -2.13. The Morgan fingerprint density at radius 2 is 2.00 bits per heavy atom. The third-order valence-electron chi connectivity index (χ3n) is 4.83. The molecule has 1 aromatic heterocycles. The van der Waals surface area contributed by atoms with Crippen molar-refractivity contribution in [2.45, 2.75) is 38.1 Å². The van der Waals surface area contributed by atoms with E-state index in [2.05, 4.69) is 27.6 Å². The first kappa shape index (κ1) is 17.4. The lowest BCUT2D eigenvalue weighted by molar-refractivity contribution is -0.121. The molecule has 2 aromatic carbocycles. The van der Waals surface area contributed by atoms with Crippen LogP contribution in [-0.2, 0) is 17.6 Å². The molecule has 1 aliphatic rings. The summed E-state index contributed by atoms with van der Waals surface area (Å²) in [6.07, 6.45) is 3.53. The van der Waals surface area contributed by atoms with Crippen molar-refractivity contribution in [3.63, 3.8) is 0 Å². The molecule has 0 bridgehead atoms. The summed E-state index contributed by atoms with van der Waals surface area (Å²) in [7, 11) is 0. The summed E-state index contributed by atoms with van der Waals surface area (Å²) in [6.45, 7) is 0. The molecular weight excluding hydrogens is 345 g/mol. The summed E-state index contributed by atoms with van der Waals surface area (Å²) >= 11 is 0. The number of fused-ring (bicyclic) bond motifs is 1. The molecule has 138 valence electrons. The number of aromatic nitrogens is 2. The highest BCUT2D eigenvalue weighted by molar-refractivity contribution is 5.76. The Bertz CT molecular complexity index is 937. The molecule has 0 saturated carbocycles. The van der Waals surface area contributed by atoms with E-state index in [0.717, 1.165) is 12.8 Å². The Hall–Kier alpha value is -3.02. The maximum absolute atomic E-state index is 13.0. The maximum atomic E-state index is 13.0. The van der Waals surface area contributed by atoms with Gasteiger partial charge in [0.15, 0.2) is 0 Å². The van der Waals surface area contributed by atoms with E-state index in [1.165, 1.54) is 23.3 Å². The summed E-state index contributed by atoms with van der Waals surface area (Å²) in [5.41, 5.74) is 3.25. The molecule has 27 heavy (non-hydrogen) atoms. The number of nitrogens with zero attached hydrogens (tertiary/aromatic N) is 2. The van der Waals surface area contributed by atoms with Crippen LogP contribution in [0.25, 0.3) is 11.4 Å². The summed E-state index contributed by atoms with van der Waals surface area (Å²) < 4.78 is 18.2. The fourth-order valence-corrected chi connectivity index (χ4v) is 3.45. The van der Waals surface area contributed by atoms with Gasteiger partial charge in [-0.05, 0) is 54.7 Å². The van der Waals surface area contributed by atoms with E-state index in [1.807, 2.05) is 12.1 Å². The zero-order valence-corrected chi connectivity index (χ0v) is 14.8. The quantitative estimate of drug-likeness (QED) is 0.717.